The Bertz CT molecular complexity index is 1060. The number of hydrogen-bond donors (Lipinski definition) is 3. The van der Waals surface area contributed by atoms with Gasteiger partial charge in [-0.3, -0.25) is 20.4 Å². The third-order valence-electron chi connectivity index (χ3n) is 4.29. The number of carbonyl (C=O) groups excluding carboxylic acids is 1. The third kappa shape index (κ3) is 5.20. The number of thiocarbonyl (C=S) groups is 1. The minimum absolute atomic E-state index is 0.158. The lowest BCUT2D eigenvalue weighted by atomic mass is 10.1. The van der Waals surface area contributed by atoms with Crippen molar-refractivity contribution in [1.82, 2.24) is 25.9 Å². The summed E-state index contributed by atoms with van der Waals surface area (Å²) < 4.78 is 6.56. The molecule has 3 N–H and O–H groups in total. The smallest absolute Gasteiger partial charge is 0.290 e. The van der Waals surface area contributed by atoms with Gasteiger partial charge in [-0.2, -0.15) is 5.10 Å². The molecule has 3 rings (SSSR count). The van der Waals surface area contributed by atoms with Crippen molar-refractivity contribution in [3.63, 3.8) is 0 Å². The molecular formula is C20H23N5O3S. The van der Waals surface area contributed by atoms with E-state index in [-0.39, 0.29) is 16.4 Å². The summed E-state index contributed by atoms with van der Waals surface area (Å²) in [5, 5.41) is 8.40. The Morgan fingerprint density at radius 2 is 1.93 bits per heavy atom. The Morgan fingerprint density at radius 1 is 1.17 bits per heavy atom. The number of carbonyl (C=O) groups is 1. The van der Waals surface area contributed by atoms with Crippen LogP contribution in [0, 0.1) is 5.92 Å². The first-order valence-electron chi connectivity index (χ1n) is 9.32. The molecule has 0 radical (unpaired) electrons. The number of fused-ring (bicyclic) bond motifs is 1. The summed E-state index contributed by atoms with van der Waals surface area (Å²) in [5.74, 6) is 0.638. The van der Waals surface area contributed by atoms with E-state index in [0.29, 0.717) is 35.5 Å². The molecule has 1 amide bonds. The number of amides is 1. The molecule has 0 aliphatic carbocycles. The Morgan fingerprint density at radius 3 is 2.62 bits per heavy atom. The van der Waals surface area contributed by atoms with Gasteiger partial charge in [0.15, 0.2) is 10.8 Å². The lowest BCUT2D eigenvalue weighted by Crippen LogP contribution is -2.47. The van der Waals surface area contributed by atoms with Gasteiger partial charge in [-0.15, -0.1) is 0 Å². The quantitative estimate of drug-likeness (QED) is 0.421. The highest BCUT2D eigenvalue weighted by Gasteiger charge is 2.17. The highest BCUT2D eigenvalue weighted by Crippen LogP contribution is 2.13. The van der Waals surface area contributed by atoms with Crippen LogP contribution in [0.4, 0.5) is 0 Å². The molecule has 0 saturated heterocycles. The van der Waals surface area contributed by atoms with Gasteiger partial charge >= 0.3 is 0 Å². The molecule has 0 atom stereocenters. The maximum absolute atomic E-state index is 12.7. The molecular weight excluding hydrogens is 390 g/mol. The normalized spacial score (nSPS) is 10.9. The van der Waals surface area contributed by atoms with E-state index in [2.05, 4.69) is 35.1 Å². The van der Waals surface area contributed by atoms with Crippen LogP contribution in [-0.2, 0) is 13.1 Å². The lowest BCUT2D eigenvalue weighted by Gasteiger charge is -2.13. The number of aromatic nitrogens is 2. The monoisotopic (exact) mass is 413 g/mol. The third-order valence-corrected chi connectivity index (χ3v) is 4.54. The topological polar surface area (TPSA) is 101 Å². The SMILES string of the molecule is CC(C)CCn1nc(C(=O)NNC(=S)NCc2ccco2)c2ccccc2c1=O. The van der Waals surface area contributed by atoms with Crippen LogP contribution in [0.1, 0.15) is 36.5 Å². The Hall–Kier alpha value is -3.20. The zero-order chi connectivity index (χ0) is 20.8. The van der Waals surface area contributed by atoms with Gasteiger partial charge in [0.05, 0.1) is 18.2 Å². The van der Waals surface area contributed by atoms with Gasteiger partial charge < -0.3 is 9.73 Å². The molecule has 3 aromatic rings. The number of nitrogens with one attached hydrogen (secondary N) is 3. The zero-order valence-electron chi connectivity index (χ0n) is 16.3. The Kier molecular flexibility index (Phi) is 6.61. The van der Waals surface area contributed by atoms with Crippen molar-refractivity contribution >= 4 is 34.0 Å². The van der Waals surface area contributed by atoms with Gasteiger partial charge in [-0.1, -0.05) is 32.0 Å². The molecule has 0 bridgehead atoms. The molecule has 2 heterocycles. The van der Waals surface area contributed by atoms with Crippen molar-refractivity contribution in [2.24, 2.45) is 5.92 Å². The maximum Gasteiger partial charge on any atom is 0.290 e. The van der Waals surface area contributed by atoms with E-state index in [1.165, 1.54) is 4.68 Å². The van der Waals surface area contributed by atoms with Crippen molar-refractivity contribution < 1.29 is 9.21 Å². The van der Waals surface area contributed by atoms with E-state index in [1.807, 2.05) is 6.07 Å². The van der Waals surface area contributed by atoms with Crippen molar-refractivity contribution in [1.29, 1.82) is 0 Å². The summed E-state index contributed by atoms with van der Waals surface area (Å²) >= 11 is 5.15. The highest BCUT2D eigenvalue weighted by molar-refractivity contribution is 7.80. The predicted octanol–water partition coefficient (Wildman–Crippen LogP) is 2.34. The molecule has 0 saturated carbocycles. The van der Waals surface area contributed by atoms with Crippen molar-refractivity contribution in [3.8, 4) is 0 Å². The fourth-order valence-corrected chi connectivity index (χ4v) is 2.86. The number of aryl methyl sites for hydroxylation is 1. The number of nitrogens with zero attached hydrogens (tertiary/aromatic N) is 2. The summed E-state index contributed by atoms with van der Waals surface area (Å²) in [6.07, 6.45) is 2.35. The molecule has 2 aromatic heterocycles. The Labute approximate surface area is 173 Å². The van der Waals surface area contributed by atoms with E-state index in [1.54, 1.807) is 36.6 Å². The van der Waals surface area contributed by atoms with Gasteiger partial charge in [-0.25, -0.2) is 4.68 Å². The number of furan rings is 1. The second kappa shape index (κ2) is 9.33. The number of hydrogen-bond acceptors (Lipinski definition) is 5. The van der Waals surface area contributed by atoms with E-state index in [9.17, 15) is 9.59 Å². The molecule has 8 nitrogen and oxygen atoms in total. The van der Waals surface area contributed by atoms with Crippen LogP contribution >= 0.6 is 12.2 Å². The van der Waals surface area contributed by atoms with Gasteiger partial charge in [0.2, 0.25) is 0 Å². The van der Waals surface area contributed by atoms with Crippen LogP contribution in [0.15, 0.2) is 51.9 Å². The Balaban J connectivity index is 1.74. The first-order valence-corrected chi connectivity index (χ1v) is 9.73. The van der Waals surface area contributed by atoms with Crippen LogP contribution in [0.2, 0.25) is 0 Å². The fraction of sp³-hybridized carbons (Fsp3) is 0.300. The molecule has 0 fully saturated rings. The minimum Gasteiger partial charge on any atom is -0.467 e. The number of benzene rings is 1. The van der Waals surface area contributed by atoms with E-state index in [0.717, 1.165) is 6.42 Å². The van der Waals surface area contributed by atoms with Gasteiger partial charge in [0, 0.05) is 11.9 Å². The standard InChI is InChI=1S/C20H23N5O3S/c1-13(2)9-10-25-19(27)16-8-4-3-7-15(16)17(24-25)18(26)22-23-20(29)21-12-14-6-5-11-28-14/h3-8,11,13H,9-10,12H2,1-2H3,(H,22,26)(H2,21,23,29). The molecule has 29 heavy (non-hydrogen) atoms. The van der Waals surface area contributed by atoms with Crippen LogP contribution in [0.3, 0.4) is 0 Å². The second-order valence-corrected chi connectivity index (χ2v) is 7.35. The zero-order valence-corrected chi connectivity index (χ0v) is 17.1. The summed E-state index contributed by atoms with van der Waals surface area (Å²) in [5.41, 5.74) is 5.13. The molecule has 152 valence electrons. The summed E-state index contributed by atoms with van der Waals surface area (Å²) in [6, 6.07) is 10.5. The van der Waals surface area contributed by atoms with Crippen LogP contribution < -0.4 is 21.7 Å². The molecule has 0 spiro atoms. The second-order valence-electron chi connectivity index (χ2n) is 6.95. The summed E-state index contributed by atoms with van der Waals surface area (Å²) in [6.45, 7) is 4.97. The predicted molar refractivity (Wildman–Crippen MR) is 114 cm³/mol. The van der Waals surface area contributed by atoms with Crippen molar-refractivity contribution in [2.75, 3.05) is 0 Å². The number of hydrazine groups is 1. The molecule has 1 aromatic carbocycles. The van der Waals surface area contributed by atoms with Crippen molar-refractivity contribution in [3.05, 3.63) is 64.5 Å². The first kappa shape index (κ1) is 20.5. The molecule has 0 aliphatic rings. The largest absolute Gasteiger partial charge is 0.467 e. The maximum atomic E-state index is 12.7. The average Bonchev–Trinajstić information content (AvgIpc) is 3.23. The molecule has 9 heteroatoms. The van der Waals surface area contributed by atoms with E-state index < -0.39 is 5.91 Å². The van der Waals surface area contributed by atoms with Gasteiger partial charge in [-0.05, 0) is 42.8 Å². The highest BCUT2D eigenvalue weighted by atomic mass is 32.1. The first-order chi connectivity index (χ1) is 14.0. The number of rotatable bonds is 6. The van der Waals surface area contributed by atoms with Gasteiger partial charge in [0.25, 0.3) is 11.5 Å². The van der Waals surface area contributed by atoms with Crippen LogP contribution in [0.25, 0.3) is 10.8 Å². The molecule has 0 unspecified atom stereocenters. The van der Waals surface area contributed by atoms with E-state index >= 15 is 0 Å². The van der Waals surface area contributed by atoms with Crippen LogP contribution in [-0.4, -0.2) is 20.8 Å². The van der Waals surface area contributed by atoms with Crippen LogP contribution in [0.5, 0.6) is 0 Å². The van der Waals surface area contributed by atoms with E-state index in [4.69, 9.17) is 16.6 Å². The minimum atomic E-state index is -0.485. The fourth-order valence-electron chi connectivity index (χ4n) is 2.73. The average molecular weight is 414 g/mol. The van der Waals surface area contributed by atoms with Gasteiger partial charge in [0.1, 0.15) is 5.76 Å². The summed E-state index contributed by atoms with van der Waals surface area (Å²) in [7, 11) is 0. The summed E-state index contributed by atoms with van der Waals surface area (Å²) in [4.78, 5) is 25.4. The lowest BCUT2D eigenvalue weighted by molar-refractivity contribution is 0.0938. The molecule has 0 aliphatic heterocycles. The van der Waals surface area contributed by atoms with Crippen molar-refractivity contribution in [2.45, 2.75) is 33.4 Å².